The van der Waals surface area contributed by atoms with E-state index in [0.717, 1.165) is 13.0 Å². The summed E-state index contributed by atoms with van der Waals surface area (Å²) in [6.45, 7) is 2.80. The van der Waals surface area contributed by atoms with Crippen molar-refractivity contribution in [2.75, 3.05) is 17.2 Å². The first-order valence-corrected chi connectivity index (χ1v) is 6.94. The quantitative estimate of drug-likeness (QED) is 0.879. The van der Waals surface area contributed by atoms with Crippen molar-refractivity contribution >= 4 is 29.0 Å². The topological polar surface area (TPSA) is 54.0 Å². The first-order valence-electron chi connectivity index (χ1n) is 6.56. The Kier molecular flexibility index (Phi) is 5.11. The zero-order valence-corrected chi connectivity index (χ0v) is 12.2. The molecule has 1 aromatic heterocycles. The highest BCUT2D eigenvalue weighted by atomic mass is 35.5. The van der Waals surface area contributed by atoms with Gasteiger partial charge in [0, 0.05) is 23.3 Å². The Labute approximate surface area is 127 Å². The van der Waals surface area contributed by atoms with Gasteiger partial charge in [-0.15, -0.1) is 0 Å². The van der Waals surface area contributed by atoms with Gasteiger partial charge in [0.25, 0.3) is 5.91 Å². The highest BCUT2D eigenvalue weighted by Gasteiger charge is 2.10. The number of rotatable bonds is 5. The monoisotopic (exact) mass is 307 g/mol. The van der Waals surface area contributed by atoms with Crippen LogP contribution in [0, 0.1) is 5.82 Å². The minimum atomic E-state index is -0.536. The molecule has 2 rings (SSSR count). The number of nitrogens with one attached hydrogen (secondary N) is 2. The SMILES string of the molecule is CCCNc1cc(C(=O)Nc2cc(Cl)ccc2F)ccn1. The molecule has 4 nitrogen and oxygen atoms in total. The second kappa shape index (κ2) is 7.04. The molecule has 0 bridgehead atoms. The maximum Gasteiger partial charge on any atom is 0.255 e. The zero-order valence-electron chi connectivity index (χ0n) is 11.5. The number of pyridine rings is 1. The van der Waals surface area contributed by atoms with Gasteiger partial charge >= 0.3 is 0 Å². The van der Waals surface area contributed by atoms with E-state index in [4.69, 9.17) is 11.6 Å². The van der Waals surface area contributed by atoms with E-state index >= 15 is 0 Å². The number of anilines is 2. The van der Waals surface area contributed by atoms with Gasteiger partial charge in [0.15, 0.2) is 0 Å². The van der Waals surface area contributed by atoms with Crippen LogP contribution in [-0.4, -0.2) is 17.4 Å². The third-order valence-electron chi connectivity index (χ3n) is 2.75. The number of hydrogen-bond acceptors (Lipinski definition) is 3. The highest BCUT2D eigenvalue weighted by molar-refractivity contribution is 6.31. The maximum absolute atomic E-state index is 13.6. The fourth-order valence-electron chi connectivity index (χ4n) is 1.71. The van der Waals surface area contributed by atoms with Gasteiger partial charge in [-0.3, -0.25) is 4.79 Å². The van der Waals surface area contributed by atoms with Crippen LogP contribution in [-0.2, 0) is 0 Å². The average Bonchev–Trinajstić information content (AvgIpc) is 2.49. The molecule has 2 aromatic rings. The molecule has 0 spiro atoms. The summed E-state index contributed by atoms with van der Waals surface area (Å²) >= 11 is 5.79. The van der Waals surface area contributed by atoms with Crippen LogP contribution in [0.4, 0.5) is 15.9 Å². The summed E-state index contributed by atoms with van der Waals surface area (Å²) in [4.78, 5) is 16.2. The van der Waals surface area contributed by atoms with Gasteiger partial charge < -0.3 is 10.6 Å². The summed E-state index contributed by atoms with van der Waals surface area (Å²) < 4.78 is 13.6. The van der Waals surface area contributed by atoms with E-state index in [9.17, 15) is 9.18 Å². The third-order valence-corrected chi connectivity index (χ3v) is 2.99. The molecule has 0 aliphatic heterocycles. The molecule has 0 saturated carbocycles. The molecule has 1 amide bonds. The molecule has 0 unspecified atom stereocenters. The van der Waals surface area contributed by atoms with Crippen molar-refractivity contribution in [1.82, 2.24) is 4.98 Å². The van der Waals surface area contributed by atoms with Gasteiger partial charge in [0.2, 0.25) is 0 Å². The summed E-state index contributed by atoms with van der Waals surface area (Å²) in [6.07, 6.45) is 2.48. The molecule has 0 atom stereocenters. The number of amides is 1. The third kappa shape index (κ3) is 4.16. The van der Waals surface area contributed by atoms with Gasteiger partial charge in [-0.2, -0.15) is 0 Å². The van der Waals surface area contributed by atoms with Crippen molar-refractivity contribution in [2.24, 2.45) is 0 Å². The van der Waals surface area contributed by atoms with Gasteiger partial charge in [0.05, 0.1) is 5.69 Å². The summed E-state index contributed by atoms with van der Waals surface area (Å²) in [5.74, 6) is -0.347. The van der Waals surface area contributed by atoms with Crippen LogP contribution in [0.2, 0.25) is 5.02 Å². The van der Waals surface area contributed by atoms with Crippen LogP contribution in [0.5, 0.6) is 0 Å². The Balaban J connectivity index is 2.14. The van der Waals surface area contributed by atoms with E-state index in [0.29, 0.717) is 16.4 Å². The second-order valence-electron chi connectivity index (χ2n) is 4.43. The maximum atomic E-state index is 13.6. The lowest BCUT2D eigenvalue weighted by atomic mass is 10.2. The summed E-state index contributed by atoms with van der Waals surface area (Å²) in [6, 6.07) is 7.18. The van der Waals surface area contributed by atoms with Crippen molar-refractivity contribution in [3.05, 3.63) is 52.9 Å². The van der Waals surface area contributed by atoms with Crippen LogP contribution in [0.1, 0.15) is 23.7 Å². The van der Waals surface area contributed by atoms with Crippen LogP contribution in [0.3, 0.4) is 0 Å². The van der Waals surface area contributed by atoms with Gasteiger partial charge in [-0.25, -0.2) is 9.37 Å². The predicted molar refractivity (Wildman–Crippen MR) is 82.4 cm³/mol. The lowest BCUT2D eigenvalue weighted by Crippen LogP contribution is -2.14. The number of nitrogens with zero attached hydrogens (tertiary/aromatic N) is 1. The fraction of sp³-hybridized carbons (Fsp3) is 0.200. The van der Waals surface area contributed by atoms with E-state index in [-0.39, 0.29) is 5.69 Å². The minimum Gasteiger partial charge on any atom is -0.370 e. The van der Waals surface area contributed by atoms with Gasteiger partial charge in [-0.05, 0) is 36.8 Å². The molecular weight excluding hydrogens is 293 g/mol. The number of carbonyl (C=O) groups is 1. The molecule has 1 heterocycles. The standard InChI is InChI=1S/C15H15ClFN3O/c1-2-6-18-14-8-10(5-7-19-14)15(21)20-13-9-11(16)3-4-12(13)17/h3-5,7-9H,2,6H2,1H3,(H,18,19)(H,20,21). The van der Waals surface area contributed by atoms with Crippen molar-refractivity contribution in [3.8, 4) is 0 Å². The minimum absolute atomic E-state index is 0.0485. The molecule has 2 N–H and O–H groups in total. The molecule has 6 heteroatoms. The molecule has 110 valence electrons. The second-order valence-corrected chi connectivity index (χ2v) is 4.87. The van der Waals surface area contributed by atoms with Crippen LogP contribution < -0.4 is 10.6 Å². The number of halogens is 2. The normalized spacial score (nSPS) is 10.2. The Hall–Kier alpha value is -2.14. The van der Waals surface area contributed by atoms with Crippen LogP contribution in [0.25, 0.3) is 0 Å². The Bertz CT molecular complexity index is 649. The first kappa shape index (κ1) is 15.3. The molecule has 0 radical (unpaired) electrons. The van der Waals surface area contributed by atoms with E-state index in [2.05, 4.69) is 15.6 Å². The van der Waals surface area contributed by atoms with E-state index < -0.39 is 11.7 Å². The van der Waals surface area contributed by atoms with Crippen molar-refractivity contribution in [1.29, 1.82) is 0 Å². The molecule has 21 heavy (non-hydrogen) atoms. The molecule has 0 aliphatic rings. The smallest absolute Gasteiger partial charge is 0.255 e. The summed E-state index contributed by atoms with van der Waals surface area (Å²) in [7, 11) is 0. The van der Waals surface area contributed by atoms with Crippen LogP contribution in [0.15, 0.2) is 36.5 Å². The van der Waals surface area contributed by atoms with Crippen molar-refractivity contribution in [2.45, 2.75) is 13.3 Å². The average molecular weight is 308 g/mol. The van der Waals surface area contributed by atoms with Crippen LogP contribution >= 0.6 is 11.6 Å². The lowest BCUT2D eigenvalue weighted by Gasteiger charge is -2.08. The molecule has 1 aromatic carbocycles. The largest absolute Gasteiger partial charge is 0.370 e. The summed E-state index contributed by atoms with van der Waals surface area (Å²) in [5, 5.41) is 5.94. The number of aromatic nitrogens is 1. The first-order chi connectivity index (χ1) is 10.1. The number of benzene rings is 1. The molecule has 0 fully saturated rings. The fourth-order valence-corrected chi connectivity index (χ4v) is 1.88. The Morgan fingerprint density at radius 3 is 2.90 bits per heavy atom. The van der Waals surface area contributed by atoms with Crippen molar-refractivity contribution in [3.63, 3.8) is 0 Å². The van der Waals surface area contributed by atoms with Crippen molar-refractivity contribution < 1.29 is 9.18 Å². The summed E-state index contributed by atoms with van der Waals surface area (Å²) in [5.41, 5.74) is 0.440. The van der Waals surface area contributed by atoms with Gasteiger partial charge in [0.1, 0.15) is 11.6 Å². The number of carbonyl (C=O) groups excluding carboxylic acids is 1. The lowest BCUT2D eigenvalue weighted by molar-refractivity contribution is 0.102. The Morgan fingerprint density at radius 1 is 1.33 bits per heavy atom. The zero-order chi connectivity index (χ0) is 15.2. The number of hydrogen-bond donors (Lipinski definition) is 2. The highest BCUT2D eigenvalue weighted by Crippen LogP contribution is 2.20. The van der Waals surface area contributed by atoms with Gasteiger partial charge in [-0.1, -0.05) is 18.5 Å². The van der Waals surface area contributed by atoms with E-state index in [1.54, 1.807) is 12.1 Å². The molecule has 0 saturated heterocycles. The van der Waals surface area contributed by atoms with E-state index in [1.807, 2.05) is 6.92 Å². The Morgan fingerprint density at radius 2 is 2.14 bits per heavy atom. The predicted octanol–water partition coefficient (Wildman–Crippen LogP) is 3.95. The van der Waals surface area contributed by atoms with E-state index in [1.165, 1.54) is 24.4 Å². The molecule has 0 aliphatic carbocycles. The molecular formula is C15H15ClFN3O.